The van der Waals surface area contributed by atoms with Crippen LogP contribution in [0, 0.1) is 11.8 Å². The molecule has 0 atom stereocenters. The Bertz CT molecular complexity index is 629. The van der Waals surface area contributed by atoms with Gasteiger partial charge in [0.25, 0.3) is 0 Å². The van der Waals surface area contributed by atoms with Crippen molar-refractivity contribution in [2.24, 2.45) is 11.8 Å². The van der Waals surface area contributed by atoms with Gasteiger partial charge in [0.1, 0.15) is 0 Å². The van der Waals surface area contributed by atoms with Crippen LogP contribution in [0.15, 0.2) is 30.3 Å². The Labute approximate surface area is 170 Å². The zero-order valence-electron chi connectivity index (χ0n) is 17.5. The lowest BCUT2D eigenvalue weighted by molar-refractivity contribution is -0.140. The zero-order chi connectivity index (χ0) is 19.9. The number of rotatable bonds is 6. The van der Waals surface area contributed by atoms with Gasteiger partial charge in [-0.1, -0.05) is 49.6 Å². The molecule has 2 fully saturated rings. The van der Waals surface area contributed by atoms with E-state index in [1.54, 1.807) is 0 Å². The minimum Gasteiger partial charge on any atom is -0.353 e. The number of benzene rings is 1. The van der Waals surface area contributed by atoms with Gasteiger partial charge in [0.05, 0.1) is 0 Å². The lowest BCUT2D eigenvalue weighted by Gasteiger charge is -2.34. The van der Waals surface area contributed by atoms with Crippen molar-refractivity contribution in [1.82, 2.24) is 10.2 Å². The third-order valence-electron chi connectivity index (χ3n) is 6.50. The summed E-state index contributed by atoms with van der Waals surface area (Å²) in [6, 6.07) is 10.8. The fourth-order valence-corrected chi connectivity index (χ4v) is 4.70. The van der Waals surface area contributed by atoms with Crippen LogP contribution in [0.3, 0.4) is 0 Å². The van der Waals surface area contributed by atoms with Gasteiger partial charge in [0.15, 0.2) is 0 Å². The van der Waals surface area contributed by atoms with Crippen molar-refractivity contribution in [2.75, 3.05) is 0 Å². The van der Waals surface area contributed by atoms with Gasteiger partial charge in [-0.15, -0.1) is 0 Å². The third-order valence-corrected chi connectivity index (χ3v) is 6.50. The molecule has 0 radical (unpaired) electrons. The van der Waals surface area contributed by atoms with Gasteiger partial charge in [-0.05, 0) is 57.9 Å². The summed E-state index contributed by atoms with van der Waals surface area (Å²) in [4.78, 5) is 27.8. The van der Waals surface area contributed by atoms with Gasteiger partial charge >= 0.3 is 0 Å². The summed E-state index contributed by atoms with van der Waals surface area (Å²) >= 11 is 0. The van der Waals surface area contributed by atoms with Crippen LogP contribution < -0.4 is 5.32 Å². The van der Waals surface area contributed by atoms with Crippen LogP contribution in [-0.4, -0.2) is 28.8 Å². The van der Waals surface area contributed by atoms with E-state index in [2.05, 4.69) is 31.3 Å². The highest BCUT2D eigenvalue weighted by Gasteiger charge is 2.33. The molecule has 0 unspecified atom stereocenters. The second-order valence-electron chi connectivity index (χ2n) is 8.94. The van der Waals surface area contributed by atoms with E-state index in [1.807, 2.05) is 23.1 Å². The Morgan fingerprint density at radius 2 is 1.54 bits per heavy atom. The fraction of sp³-hybridized carbons (Fsp3) is 0.667. The summed E-state index contributed by atoms with van der Waals surface area (Å²) < 4.78 is 0. The molecule has 4 nitrogen and oxygen atoms in total. The highest BCUT2D eigenvalue weighted by molar-refractivity contribution is 5.81. The van der Waals surface area contributed by atoms with E-state index in [0.29, 0.717) is 12.6 Å². The highest BCUT2D eigenvalue weighted by atomic mass is 16.2. The topological polar surface area (TPSA) is 49.4 Å². The first-order valence-electron chi connectivity index (χ1n) is 11.2. The maximum atomic E-state index is 13.2. The van der Waals surface area contributed by atoms with E-state index in [0.717, 1.165) is 38.5 Å². The normalized spacial score (nSPS) is 23.4. The second-order valence-corrected chi connectivity index (χ2v) is 8.94. The molecule has 1 aromatic rings. The van der Waals surface area contributed by atoms with E-state index >= 15 is 0 Å². The fourth-order valence-electron chi connectivity index (χ4n) is 4.70. The molecule has 2 amide bonds. The molecule has 2 aliphatic rings. The van der Waals surface area contributed by atoms with Crippen LogP contribution in [0.25, 0.3) is 0 Å². The van der Waals surface area contributed by atoms with Crippen LogP contribution >= 0.6 is 0 Å². The van der Waals surface area contributed by atoms with Crippen LogP contribution in [0.5, 0.6) is 0 Å². The first kappa shape index (κ1) is 20.9. The van der Waals surface area contributed by atoms with Gasteiger partial charge < -0.3 is 10.2 Å². The average Bonchev–Trinajstić information content (AvgIpc) is 2.73. The van der Waals surface area contributed by atoms with Crippen molar-refractivity contribution < 1.29 is 9.59 Å². The van der Waals surface area contributed by atoms with Crippen molar-refractivity contribution in [3.8, 4) is 0 Å². The Morgan fingerprint density at radius 3 is 2.14 bits per heavy atom. The SMILES string of the molecule is CC(C)N(Cc1ccccc1)C(=O)C1CCC(C(=O)NC2CCCCC2)CC1. The van der Waals surface area contributed by atoms with E-state index < -0.39 is 0 Å². The molecule has 4 heteroatoms. The molecule has 0 aromatic heterocycles. The van der Waals surface area contributed by atoms with Crippen molar-refractivity contribution in [3.63, 3.8) is 0 Å². The highest BCUT2D eigenvalue weighted by Crippen LogP contribution is 2.31. The monoisotopic (exact) mass is 384 g/mol. The molecule has 154 valence electrons. The number of nitrogens with one attached hydrogen (secondary N) is 1. The molecule has 2 aliphatic carbocycles. The summed E-state index contributed by atoms with van der Waals surface area (Å²) in [5.74, 6) is 0.630. The molecule has 3 rings (SSSR count). The van der Waals surface area contributed by atoms with Gasteiger partial charge in [0, 0.05) is 30.5 Å². The van der Waals surface area contributed by atoms with E-state index in [4.69, 9.17) is 0 Å². The van der Waals surface area contributed by atoms with E-state index in [-0.39, 0.29) is 29.7 Å². The second kappa shape index (κ2) is 10.1. The number of hydrogen-bond donors (Lipinski definition) is 1. The van der Waals surface area contributed by atoms with Crippen molar-refractivity contribution in [2.45, 2.75) is 90.3 Å². The lowest BCUT2D eigenvalue weighted by Crippen LogP contribution is -2.44. The molecule has 28 heavy (non-hydrogen) atoms. The summed E-state index contributed by atoms with van der Waals surface area (Å²) in [5, 5.41) is 3.27. The zero-order valence-corrected chi connectivity index (χ0v) is 17.5. The molecular weight excluding hydrogens is 348 g/mol. The largest absolute Gasteiger partial charge is 0.353 e. The van der Waals surface area contributed by atoms with Gasteiger partial charge in [-0.2, -0.15) is 0 Å². The van der Waals surface area contributed by atoms with Crippen molar-refractivity contribution in [3.05, 3.63) is 35.9 Å². The van der Waals surface area contributed by atoms with Gasteiger partial charge in [-0.3, -0.25) is 9.59 Å². The average molecular weight is 385 g/mol. The molecule has 1 aromatic carbocycles. The number of carbonyl (C=O) groups is 2. The maximum absolute atomic E-state index is 13.2. The van der Waals surface area contributed by atoms with Gasteiger partial charge in [0.2, 0.25) is 11.8 Å². The predicted molar refractivity (Wildman–Crippen MR) is 113 cm³/mol. The first-order chi connectivity index (χ1) is 13.5. The Morgan fingerprint density at radius 1 is 0.929 bits per heavy atom. The van der Waals surface area contributed by atoms with Crippen LogP contribution in [0.1, 0.15) is 77.2 Å². The molecule has 2 saturated carbocycles. The molecular formula is C24H36N2O2. The van der Waals surface area contributed by atoms with E-state index in [1.165, 1.54) is 24.8 Å². The minimum atomic E-state index is 0.0600. The Kier molecular flexibility index (Phi) is 7.52. The standard InChI is InChI=1S/C24H36N2O2/c1-18(2)26(17-19-9-5-3-6-10-19)24(28)21-15-13-20(14-16-21)23(27)25-22-11-7-4-8-12-22/h3,5-6,9-10,18,20-22H,4,7-8,11-17H2,1-2H3,(H,25,27). The lowest BCUT2D eigenvalue weighted by atomic mass is 9.80. The van der Waals surface area contributed by atoms with Crippen LogP contribution in [-0.2, 0) is 16.1 Å². The van der Waals surface area contributed by atoms with Crippen molar-refractivity contribution >= 4 is 11.8 Å². The smallest absolute Gasteiger partial charge is 0.226 e. The third kappa shape index (κ3) is 5.59. The summed E-state index contributed by atoms with van der Waals surface area (Å²) in [5.41, 5.74) is 1.17. The molecule has 0 spiro atoms. The Balaban J connectivity index is 1.51. The molecule has 0 bridgehead atoms. The number of nitrogens with zero attached hydrogens (tertiary/aromatic N) is 1. The van der Waals surface area contributed by atoms with Crippen LogP contribution in [0.2, 0.25) is 0 Å². The van der Waals surface area contributed by atoms with Gasteiger partial charge in [-0.25, -0.2) is 0 Å². The maximum Gasteiger partial charge on any atom is 0.226 e. The molecule has 1 N–H and O–H groups in total. The quantitative estimate of drug-likeness (QED) is 0.774. The van der Waals surface area contributed by atoms with Crippen LogP contribution in [0.4, 0.5) is 0 Å². The number of carbonyl (C=O) groups excluding carboxylic acids is 2. The minimum absolute atomic E-state index is 0.0600. The summed E-state index contributed by atoms with van der Waals surface area (Å²) in [7, 11) is 0. The van der Waals surface area contributed by atoms with E-state index in [9.17, 15) is 9.59 Å². The summed E-state index contributed by atoms with van der Waals surface area (Å²) in [6.07, 6.45) is 9.37. The molecule has 0 aliphatic heterocycles. The first-order valence-corrected chi connectivity index (χ1v) is 11.2. The molecule has 0 heterocycles. The summed E-state index contributed by atoms with van der Waals surface area (Å²) in [6.45, 7) is 4.84. The predicted octanol–water partition coefficient (Wildman–Crippen LogP) is 4.68. The number of amides is 2. The Hall–Kier alpha value is -1.84. The van der Waals surface area contributed by atoms with Crippen molar-refractivity contribution in [1.29, 1.82) is 0 Å². The molecule has 0 saturated heterocycles. The number of hydrogen-bond acceptors (Lipinski definition) is 2.